The number of imidazole rings is 1. The van der Waals surface area contributed by atoms with Crippen molar-refractivity contribution in [3.8, 4) is 5.69 Å². The maximum absolute atomic E-state index is 4.52. The quantitative estimate of drug-likeness (QED) is 0.439. The summed E-state index contributed by atoms with van der Waals surface area (Å²) < 4.78 is 3.68. The predicted molar refractivity (Wildman–Crippen MR) is 112 cm³/mol. The van der Waals surface area contributed by atoms with Gasteiger partial charge in [0.25, 0.3) is 0 Å². The second-order valence-corrected chi connectivity index (χ2v) is 5.84. The van der Waals surface area contributed by atoms with Crippen LogP contribution in [0.4, 0.5) is 5.69 Å². The van der Waals surface area contributed by atoms with E-state index in [1.54, 1.807) is 17.2 Å². The average Bonchev–Trinajstić information content (AvgIpc) is 3.39. The summed E-state index contributed by atoms with van der Waals surface area (Å²) in [5.74, 6) is 0.854. The number of hydrogen-bond donors (Lipinski definition) is 2. The maximum atomic E-state index is 4.52. The largest absolute Gasteiger partial charge is 0.378 e. The first-order chi connectivity index (χ1) is 13.7. The van der Waals surface area contributed by atoms with Gasteiger partial charge in [-0.25, -0.2) is 20.1 Å². The molecule has 0 unspecified atom stereocenters. The molecule has 2 aromatic heterocycles. The molecule has 28 heavy (non-hydrogen) atoms. The van der Waals surface area contributed by atoms with Gasteiger partial charge in [0.05, 0.1) is 24.1 Å². The molecule has 0 bridgehead atoms. The van der Waals surface area contributed by atoms with Crippen molar-refractivity contribution in [3.63, 3.8) is 0 Å². The van der Waals surface area contributed by atoms with Crippen LogP contribution in [0.3, 0.4) is 0 Å². The molecule has 9 nitrogen and oxygen atoms in total. The topological polar surface area (TPSA) is 88.2 Å². The van der Waals surface area contributed by atoms with Gasteiger partial charge in [-0.05, 0) is 37.1 Å². The van der Waals surface area contributed by atoms with E-state index in [9.17, 15) is 0 Å². The third-order valence-electron chi connectivity index (χ3n) is 4.05. The first kappa shape index (κ1) is 19.1. The number of benzene rings is 1. The number of hydrazine groups is 1. The summed E-state index contributed by atoms with van der Waals surface area (Å²) in [6.45, 7) is 4.05. The van der Waals surface area contributed by atoms with Gasteiger partial charge in [0.1, 0.15) is 18.5 Å². The van der Waals surface area contributed by atoms with Crippen LogP contribution < -0.4 is 10.7 Å². The van der Waals surface area contributed by atoms with E-state index >= 15 is 0 Å². The van der Waals surface area contributed by atoms with Gasteiger partial charge in [-0.1, -0.05) is 0 Å². The summed E-state index contributed by atoms with van der Waals surface area (Å²) in [7, 11) is 3.77. The zero-order chi connectivity index (χ0) is 19.8. The van der Waals surface area contributed by atoms with Gasteiger partial charge in [-0.2, -0.15) is 5.10 Å². The molecule has 0 atom stereocenters. The highest BCUT2D eigenvalue weighted by Crippen LogP contribution is 2.15. The molecule has 2 N–H and O–H groups in total. The SMILES string of the molecule is C=N/C=C\n1c(/C=C/N(C)NC)cnc1CNc1ccc(-n2cncn2)cc1. The summed E-state index contributed by atoms with van der Waals surface area (Å²) in [6, 6.07) is 7.95. The van der Waals surface area contributed by atoms with Crippen LogP contribution in [0.1, 0.15) is 11.5 Å². The Morgan fingerprint density at radius 2 is 2.11 bits per heavy atom. The van der Waals surface area contributed by atoms with Crippen molar-refractivity contribution in [1.82, 2.24) is 34.8 Å². The molecule has 0 saturated carbocycles. The molecule has 0 aliphatic rings. The molecule has 0 aliphatic heterocycles. The van der Waals surface area contributed by atoms with Crippen molar-refractivity contribution < 1.29 is 0 Å². The number of nitrogens with zero attached hydrogens (tertiary/aromatic N) is 7. The zero-order valence-electron chi connectivity index (χ0n) is 15.9. The molecular formula is C19H23N9. The lowest BCUT2D eigenvalue weighted by Crippen LogP contribution is -2.24. The summed E-state index contributed by atoms with van der Waals surface area (Å²) in [6.07, 6.45) is 12.4. The zero-order valence-corrected chi connectivity index (χ0v) is 15.9. The number of nitrogens with one attached hydrogen (secondary N) is 2. The van der Waals surface area contributed by atoms with Gasteiger partial charge in [0.2, 0.25) is 0 Å². The molecule has 9 heteroatoms. The Labute approximate surface area is 163 Å². The summed E-state index contributed by atoms with van der Waals surface area (Å²) in [5, 5.41) is 9.36. The Morgan fingerprint density at radius 3 is 2.79 bits per heavy atom. The van der Waals surface area contributed by atoms with Crippen LogP contribution in [-0.2, 0) is 6.54 Å². The van der Waals surface area contributed by atoms with Gasteiger partial charge in [-0.3, -0.25) is 4.99 Å². The Morgan fingerprint density at radius 1 is 1.29 bits per heavy atom. The second kappa shape index (κ2) is 9.28. The third-order valence-corrected chi connectivity index (χ3v) is 4.05. The van der Waals surface area contributed by atoms with Crippen molar-refractivity contribution in [2.24, 2.45) is 4.99 Å². The van der Waals surface area contributed by atoms with Crippen molar-refractivity contribution >= 4 is 24.7 Å². The predicted octanol–water partition coefficient (Wildman–Crippen LogP) is 2.24. The minimum absolute atomic E-state index is 0.555. The Hall–Kier alpha value is -3.72. The Kier molecular flexibility index (Phi) is 6.32. The molecule has 0 radical (unpaired) electrons. The monoisotopic (exact) mass is 377 g/mol. The molecule has 2 heterocycles. The van der Waals surface area contributed by atoms with Crippen LogP contribution in [0.5, 0.6) is 0 Å². The minimum Gasteiger partial charge on any atom is -0.378 e. The van der Waals surface area contributed by atoms with Gasteiger partial charge < -0.3 is 14.9 Å². The lowest BCUT2D eigenvalue weighted by molar-refractivity contribution is 0.367. The molecule has 3 rings (SSSR count). The van der Waals surface area contributed by atoms with Gasteiger partial charge in [0, 0.05) is 38.4 Å². The fourth-order valence-electron chi connectivity index (χ4n) is 2.47. The molecule has 144 valence electrons. The number of aliphatic imine (C=N–C) groups is 1. The highest BCUT2D eigenvalue weighted by Gasteiger charge is 2.06. The Balaban J connectivity index is 1.72. The average molecular weight is 377 g/mol. The molecule has 0 aliphatic carbocycles. The van der Waals surface area contributed by atoms with Crippen molar-refractivity contribution in [3.05, 3.63) is 67.0 Å². The summed E-state index contributed by atoms with van der Waals surface area (Å²) in [4.78, 5) is 12.3. The number of aromatic nitrogens is 5. The fraction of sp³-hybridized carbons (Fsp3) is 0.158. The van der Waals surface area contributed by atoms with E-state index in [1.807, 2.05) is 72.6 Å². The van der Waals surface area contributed by atoms with E-state index in [0.717, 1.165) is 22.9 Å². The van der Waals surface area contributed by atoms with Crippen molar-refractivity contribution in [2.45, 2.75) is 6.54 Å². The summed E-state index contributed by atoms with van der Waals surface area (Å²) in [5.41, 5.74) is 5.88. The number of rotatable bonds is 9. The molecule has 3 aromatic rings. The normalized spacial score (nSPS) is 11.4. The number of anilines is 1. The smallest absolute Gasteiger partial charge is 0.138 e. The molecule has 0 spiro atoms. The first-order valence-electron chi connectivity index (χ1n) is 8.67. The van der Waals surface area contributed by atoms with Gasteiger partial charge in [0.15, 0.2) is 0 Å². The van der Waals surface area contributed by atoms with Crippen LogP contribution in [0, 0.1) is 0 Å². The van der Waals surface area contributed by atoms with E-state index in [2.05, 4.69) is 37.5 Å². The van der Waals surface area contributed by atoms with Crippen molar-refractivity contribution in [1.29, 1.82) is 0 Å². The van der Waals surface area contributed by atoms with Gasteiger partial charge >= 0.3 is 0 Å². The van der Waals surface area contributed by atoms with E-state index in [-0.39, 0.29) is 0 Å². The maximum Gasteiger partial charge on any atom is 0.138 e. The van der Waals surface area contributed by atoms with Gasteiger partial charge in [-0.15, -0.1) is 0 Å². The first-order valence-corrected chi connectivity index (χ1v) is 8.67. The van der Waals surface area contributed by atoms with E-state index < -0.39 is 0 Å². The van der Waals surface area contributed by atoms with Crippen LogP contribution >= 0.6 is 0 Å². The van der Waals surface area contributed by atoms with E-state index in [4.69, 9.17) is 0 Å². The van der Waals surface area contributed by atoms with Crippen LogP contribution in [-0.4, -0.2) is 50.1 Å². The highest BCUT2D eigenvalue weighted by molar-refractivity contribution is 5.51. The highest BCUT2D eigenvalue weighted by atomic mass is 15.5. The van der Waals surface area contributed by atoms with E-state index in [1.165, 1.54) is 6.33 Å². The standard InChI is InChI=1S/C19H23N9/c1-20-9-11-27-18(8-10-26(3)21-2)12-24-19(27)13-23-16-4-6-17(7-5-16)28-15-22-14-25-28/h4-12,14-15,21,23H,1,13H2,2-3H3/b10-8+,11-9-. The molecule has 0 fully saturated rings. The summed E-state index contributed by atoms with van der Waals surface area (Å²) >= 11 is 0. The third kappa shape index (κ3) is 4.71. The molecular weight excluding hydrogens is 354 g/mol. The van der Waals surface area contributed by atoms with Crippen LogP contribution in [0.15, 0.2) is 60.5 Å². The van der Waals surface area contributed by atoms with Crippen LogP contribution in [0.2, 0.25) is 0 Å². The van der Waals surface area contributed by atoms with Crippen LogP contribution in [0.25, 0.3) is 18.0 Å². The second-order valence-electron chi connectivity index (χ2n) is 5.84. The number of hydrogen-bond acceptors (Lipinski definition) is 7. The molecule has 1 aromatic carbocycles. The fourth-order valence-corrected chi connectivity index (χ4v) is 2.47. The molecule has 0 saturated heterocycles. The Bertz CT molecular complexity index is 936. The minimum atomic E-state index is 0.555. The lowest BCUT2D eigenvalue weighted by Gasteiger charge is -2.11. The van der Waals surface area contributed by atoms with E-state index in [0.29, 0.717) is 6.54 Å². The molecule has 0 amide bonds. The lowest BCUT2D eigenvalue weighted by atomic mass is 10.3. The van der Waals surface area contributed by atoms with Crippen molar-refractivity contribution in [2.75, 3.05) is 19.4 Å².